The predicted molar refractivity (Wildman–Crippen MR) is 80.0 cm³/mol. The average Bonchev–Trinajstić information content (AvgIpc) is 2.41. The van der Waals surface area contributed by atoms with E-state index >= 15 is 0 Å². The molecular formula is C15H15BrOS. The second-order valence-corrected chi connectivity index (χ2v) is 5.93. The molecule has 0 fully saturated rings. The minimum atomic E-state index is -0.392. The number of rotatable bonds is 4. The highest BCUT2D eigenvalue weighted by Gasteiger charge is 2.11. The highest BCUT2D eigenvalue weighted by molar-refractivity contribution is 9.10. The summed E-state index contributed by atoms with van der Waals surface area (Å²) in [6.45, 7) is 1.99. The summed E-state index contributed by atoms with van der Waals surface area (Å²) >= 11 is 5.23. The van der Waals surface area contributed by atoms with Gasteiger partial charge in [-0.05, 0) is 46.1 Å². The lowest BCUT2D eigenvalue weighted by Crippen LogP contribution is -1.97. The number of hydrogen-bond acceptors (Lipinski definition) is 2. The van der Waals surface area contributed by atoms with E-state index in [1.54, 1.807) is 11.8 Å². The maximum Gasteiger partial charge on any atom is 0.0798 e. The zero-order chi connectivity index (χ0) is 13.0. The zero-order valence-electron chi connectivity index (χ0n) is 10.1. The number of benzene rings is 2. The van der Waals surface area contributed by atoms with Crippen LogP contribution in [0.2, 0.25) is 0 Å². The quantitative estimate of drug-likeness (QED) is 0.850. The van der Waals surface area contributed by atoms with Crippen molar-refractivity contribution in [3.05, 3.63) is 58.6 Å². The van der Waals surface area contributed by atoms with Gasteiger partial charge in [-0.25, -0.2) is 0 Å². The minimum absolute atomic E-state index is 0.392. The molecule has 0 amide bonds. The Morgan fingerprint density at radius 1 is 1.06 bits per heavy atom. The molecule has 0 unspecified atom stereocenters. The van der Waals surface area contributed by atoms with Crippen LogP contribution >= 0.6 is 27.7 Å². The van der Waals surface area contributed by atoms with Gasteiger partial charge in [0.1, 0.15) is 0 Å². The molecule has 94 valence electrons. The molecule has 0 saturated heterocycles. The molecule has 2 aromatic carbocycles. The fraction of sp³-hybridized carbons (Fsp3) is 0.200. The molecule has 1 nitrogen and oxygen atoms in total. The second kappa shape index (κ2) is 6.41. The Hall–Kier alpha value is -0.770. The Labute approximate surface area is 120 Å². The Kier molecular flexibility index (Phi) is 4.87. The molecule has 0 radical (unpaired) electrons. The summed E-state index contributed by atoms with van der Waals surface area (Å²) in [6.07, 6.45) is 0.337. The normalized spacial score (nSPS) is 12.4. The van der Waals surface area contributed by atoms with Gasteiger partial charge < -0.3 is 5.11 Å². The van der Waals surface area contributed by atoms with Crippen molar-refractivity contribution in [2.75, 3.05) is 0 Å². The van der Waals surface area contributed by atoms with Gasteiger partial charge in [-0.2, -0.15) is 0 Å². The molecule has 0 aliphatic rings. The first-order chi connectivity index (χ1) is 8.72. The third kappa shape index (κ3) is 3.16. The van der Waals surface area contributed by atoms with E-state index in [0.717, 1.165) is 26.2 Å². The maximum absolute atomic E-state index is 10.0. The molecule has 0 aliphatic carbocycles. The van der Waals surface area contributed by atoms with Crippen LogP contribution in [0.5, 0.6) is 0 Å². The predicted octanol–water partition coefficient (Wildman–Crippen LogP) is 5.04. The summed E-state index contributed by atoms with van der Waals surface area (Å²) in [5.41, 5.74) is 1.00. The second-order valence-electron chi connectivity index (χ2n) is 3.99. The molecule has 0 bridgehead atoms. The van der Waals surface area contributed by atoms with Crippen LogP contribution in [0.4, 0.5) is 0 Å². The van der Waals surface area contributed by atoms with E-state index in [9.17, 15) is 5.11 Å². The molecule has 1 N–H and O–H groups in total. The van der Waals surface area contributed by atoms with Gasteiger partial charge in [0.2, 0.25) is 0 Å². The monoisotopic (exact) mass is 322 g/mol. The van der Waals surface area contributed by atoms with Crippen LogP contribution in [0.25, 0.3) is 0 Å². The van der Waals surface area contributed by atoms with Crippen LogP contribution < -0.4 is 0 Å². The highest BCUT2D eigenvalue weighted by Crippen LogP contribution is 2.37. The van der Waals surface area contributed by atoms with E-state index in [4.69, 9.17) is 0 Å². The van der Waals surface area contributed by atoms with Gasteiger partial charge >= 0.3 is 0 Å². The lowest BCUT2D eigenvalue weighted by atomic mass is 10.1. The molecule has 0 aromatic heterocycles. The molecule has 0 spiro atoms. The van der Waals surface area contributed by atoms with Crippen molar-refractivity contribution in [2.24, 2.45) is 0 Å². The van der Waals surface area contributed by atoms with Gasteiger partial charge in [0.05, 0.1) is 6.10 Å². The van der Waals surface area contributed by atoms with Gasteiger partial charge in [-0.1, -0.05) is 49.0 Å². The first-order valence-electron chi connectivity index (χ1n) is 5.91. The lowest BCUT2D eigenvalue weighted by molar-refractivity contribution is 0.171. The summed E-state index contributed by atoms with van der Waals surface area (Å²) in [5, 5.41) is 10.0. The Bertz CT molecular complexity index is 527. The number of hydrogen-bond donors (Lipinski definition) is 1. The first-order valence-corrected chi connectivity index (χ1v) is 7.52. The van der Waals surface area contributed by atoms with Crippen molar-refractivity contribution in [2.45, 2.75) is 29.2 Å². The van der Waals surface area contributed by atoms with Crippen LogP contribution in [0.3, 0.4) is 0 Å². The maximum atomic E-state index is 10.0. The van der Waals surface area contributed by atoms with Gasteiger partial charge in [0.25, 0.3) is 0 Å². The van der Waals surface area contributed by atoms with Crippen molar-refractivity contribution < 1.29 is 5.11 Å². The van der Waals surface area contributed by atoms with E-state index in [-0.39, 0.29) is 0 Å². The molecule has 1 atom stereocenters. The van der Waals surface area contributed by atoms with Crippen LogP contribution in [0.1, 0.15) is 25.0 Å². The van der Waals surface area contributed by atoms with Crippen LogP contribution in [-0.2, 0) is 0 Å². The van der Waals surface area contributed by atoms with Crippen LogP contribution in [0, 0.1) is 0 Å². The summed E-state index contributed by atoms with van der Waals surface area (Å²) in [5.74, 6) is 0. The van der Waals surface area contributed by atoms with Crippen molar-refractivity contribution in [3.63, 3.8) is 0 Å². The van der Waals surface area contributed by atoms with Crippen molar-refractivity contribution >= 4 is 27.7 Å². The molecule has 2 rings (SSSR count). The number of aliphatic hydroxyl groups excluding tert-OH is 1. The van der Waals surface area contributed by atoms with Gasteiger partial charge in [-0.15, -0.1) is 0 Å². The summed E-state index contributed by atoms with van der Waals surface area (Å²) in [6, 6.07) is 16.1. The first kappa shape index (κ1) is 13.7. The Morgan fingerprint density at radius 3 is 2.33 bits per heavy atom. The zero-order valence-corrected chi connectivity index (χ0v) is 12.5. The molecule has 18 heavy (non-hydrogen) atoms. The summed E-state index contributed by atoms with van der Waals surface area (Å²) in [4.78, 5) is 2.27. The van der Waals surface area contributed by atoms with Crippen molar-refractivity contribution in [1.29, 1.82) is 0 Å². The van der Waals surface area contributed by atoms with E-state index in [1.165, 1.54) is 0 Å². The third-order valence-electron chi connectivity index (χ3n) is 2.72. The largest absolute Gasteiger partial charge is 0.388 e. The number of halogens is 1. The van der Waals surface area contributed by atoms with E-state index < -0.39 is 6.10 Å². The van der Waals surface area contributed by atoms with Crippen molar-refractivity contribution in [3.8, 4) is 0 Å². The summed E-state index contributed by atoms with van der Waals surface area (Å²) in [7, 11) is 0. The standard InChI is InChI=1S/C15H15BrOS/c1-2-13(17)11-7-3-5-9-14(11)18-15-10-6-4-8-12(15)16/h3-10,13,17H,2H2,1H3/t13-/m0/s1. The topological polar surface area (TPSA) is 20.2 Å². The highest BCUT2D eigenvalue weighted by atomic mass is 79.9. The Balaban J connectivity index is 2.32. The Morgan fingerprint density at radius 2 is 1.67 bits per heavy atom. The van der Waals surface area contributed by atoms with E-state index in [1.807, 2.05) is 43.3 Å². The SMILES string of the molecule is CC[C@H](O)c1ccccc1Sc1ccccc1Br. The van der Waals surface area contributed by atoms with Gasteiger partial charge in [0, 0.05) is 14.3 Å². The van der Waals surface area contributed by atoms with Crippen LogP contribution in [-0.4, -0.2) is 5.11 Å². The van der Waals surface area contributed by atoms with Crippen molar-refractivity contribution in [1.82, 2.24) is 0 Å². The molecule has 0 heterocycles. The molecular weight excluding hydrogens is 308 g/mol. The smallest absolute Gasteiger partial charge is 0.0798 e. The van der Waals surface area contributed by atoms with E-state index in [2.05, 4.69) is 28.1 Å². The number of aliphatic hydroxyl groups is 1. The summed E-state index contributed by atoms with van der Waals surface area (Å²) < 4.78 is 1.08. The van der Waals surface area contributed by atoms with E-state index in [0.29, 0.717) is 0 Å². The molecule has 0 saturated carbocycles. The molecule has 2 aromatic rings. The van der Waals surface area contributed by atoms with Gasteiger partial charge in [-0.3, -0.25) is 0 Å². The lowest BCUT2D eigenvalue weighted by Gasteiger charge is -2.14. The average molecular weight is 323 g/mol. The third-order valence-corrected chi connectivity index (χ3v) is 4.84. The van der Waals surface area contributed by atoms with Gasteiger partial charge in [0.15, 0.2) is 0 Å². The fourth-order valence-electron chi connectivity index (χ4n) is 1.71. The fourth-order valence-corrected chi connectivity index (χ4v) is 3.26. The van der Waals surface area contributed by atoms with Crippen LogP contribution in [0.15, 0.2) is 62.8 Å². The minimum Gasteiger partial charge on any atom is -0.388 e. The molecule has 0 aliphatic heterocycles. The molecule has 3 heteroatoms.